The third kappa shape index (κ3) is 15.1. The molecule has 1 N–H and O–H groups in total. The zero-order chi connectivity index (χ0) is 15.4. The van der Waals surface area contributed by atoms with Gasteiger partial charge in [0, 0.05) is 19.9 Å². The fourth-order valence-corrected chi connectivity index (χ4v) is 1.77. The van der Waals surface area contributed by atoms with E-state index < -0.39 is 0 Å². The molecule has 0 radical (unpaired) electrons. The first-order chi connectivity index (χ1) is 9.37. The Bertz CT molecular complexity index is 331. The van der Waals surface area contributed by atoms with Gasteiger partial charge in [-0.1, -0.05) is 19.1 Å². The van der Waals surface area contributed by atoms with E-state index in [1.165, 1.54) is 6.92 Å². The minimum atomic E-state index is -0.167. The van der Waals surface area contributed by atoms with Gasteiger partial charge in [-0.15, -0.1) is 0 Å². The van der Waals surface area contributed by atoms with Gasteiger partial charge >= 0.3 is 5.97 Å². The molecular weight excluding hydrogens is 292 g/mol. The lowest BCUT2D eigenvalue weighted by atomic mass is 10.3. The summed E-state index contributed by atoms with van der Waals surface area (Å²) in [5.74, 6) is -0.186. The first-order valence-electron chi connectivity index (χ1n) is 7.24. The Morgan fingerprint density at radius 2 is 1.90 bits per heavy atom. The molecule has 0 aromatic carbocycles. The standard InChI is InChI=1S/C15H28N2O3.ClH/c1-5-6-7-8-12-20-15(19)13-17(3,4)11-9-10-16-14(2)18;/h6-7H,5,8-13H2,1-4H3;1H/b7-6-;. The summed E-state index contributed by atoms with van der Waals surface area (Å²) in [6, 6.07) is 0. The van der Waals surface area contributed by atoms with Crippen molar-refractivity contribution in [1.82, 2.24) is 5.32 Å². The number of likely N-dealkylation sites (N-methyl/N-ethyl adjacent to an activating group) is 1. The summed E-state index contributed by atoms with van der Waals surface area (Å²) in [4.78, 5) is 22.4. The van der Waals surface area contributed by atoms with Crippen molar-refractivity contribution in [2.24, 2.45) is 0 Å². The summed E-state index contributed by atoms with van der Waals surface area (Å²) in [5.41, 5.74) is 0. The van der Waals surface area contributed by atoms with Gasteiger partial charge in [0.1, 0.15) is 0 Å². The van der Waals surface area contributed by atoms with Crippen LogP contribution >= 0.6 is 0 Å². The second-order valence-corrected chi connectivity index (χ2v) is 5.54. The predicted octanol–water partition coefficient (Wildman–Crippen LogP) is -1.51. The molecule has 6 heteroatoms. The Labute approximate surface area is 134 Å². The summed E-state index contributed by atoms with van der Waals surface area (Å²) < 4.78 is 5.77. The van der Waals surface area contributed by atoms with Gasteiger partial charge in [-0.3, -0.25) is 4.79 Å². The van der Waals surface area contributed by atoms with E-state index in [1.807, 2.05) is 20.2 Å². The first kappa shape index (κ1) is 22.2. The normalized spacial score (nSPS) is 11.0. The van der Waals surface area contributed by atoms with Crippen LogP contribution in [0.25, 0.3) is 0 Å². The van der Waals surface area contributed by atoms with Gasteiger partial charge in [0.2, 0.25) is 5.91 Å². The van der Waals surface area contributed by atoms with E-state index in [0.29, 0.717) is 24.2 Å². The van der Waals surface area contributed by atoms with Gasteiger partial charge in [-0.05, 0) is 12.8 Å². The molecule has 1 amide bonds. The molecule has 5 nitrogen and oxygen atoms in total. The molecule has 0 atom stereocenters. The number of carbonyl (C=O) groups is 2. The van der Waals surface area contributed by atoms with E-state index in [2.05, 4.69) is 18.3 Å². The highest BCUT2D eigenvalue weighted by Crippen LogP contribution is 2.00. The average molecular weight is 321 g/mol. The van der Waals surface area contributed by atoms with E-state index in [4.69, 9.17) is 4.74 Å². The molecule has 0 saturated carbocycles. The third-order valence-corrected chi connectivity index (χ3v) is 2.82. The molecule has 0 unspecified atom stereocenters. The van der Waals surface area contributed by atoms with Crippen molar-refractivity contribution in [3.63, 3.8) is 0 Å². The molecule has 124 valence electrons. The zero-order valence-electron chi connectivity index (χ0n) is 13.7. The van der Waals surface area contributed by atoms with Crippen LogP contribution in [-0.4, -0.2) is 56.7 Å². The van der Waals surface area contributed by atoms with Gasteiger partial charge in [0.15, 0.2) is 6.54 Å². The van der Waals surface area contributed by atoms with Crippen molar-refractivity contribution < 1.29 is 31.2 Å². The Balaban J connectivity index is 0. The minimum Gasteiger partial charge on any atom is -1.00 e. The van der Waals surface area contributed by atoms with Crippen LogP contribution in [0.1, 0.15) is 33.1 Å². The Hall–Kier alpha value is -1.07. The number of hydrogen-bond donors (Lipinski definition) is 1. The fourth-order valence-electron chi connectivity index (χ4n) is 1.77. The summed E-state index contributed by atoms with van der Waals surface area (Å²) in [6.45, 7) is 5.85. The van der Waals surface area contributed by atoms with Crippen molar-refractivity contribution >= 4 is 11.9 Å². The van der Waals surface area contributed by atoms with Gasteiger partial charge in [0.05, 0.1) is 27.2 Å². The molecule has 0 aliphatic heterocycles. The van der Waals surface area contributed by atoms with Crippen molar-refractivity contribution in [1.29, 1.82) is 0 Å². The van der Waals surface area contributed by atoms with Crippen molar-refractivity contribution in [2.45, 2.75) is 33.1 Å². The van der Waals surface area contributed by atoms with Gasteiger partial charge < -0.3 is 26.9 Å². The third-order valence-electron chi connectivity index (χ3n) is 2.82. The summed E-state index contributed by atoms with van der Waals surface area (Å²) in [7, 11) is 3.98. The summed E-state index contributed by atoms with van der Waals surface area (Å²) in [6.07, 6.45) is 6.72. The van der Waals surface area contributed by atoms with Crippen molar-refractivity contribution in [3.05, 3.63) is 12.2 Å². The first-order valence-corrected chi connectivity index (χ1v) is 7.24. The molecule has 0 rings (SSSR count). The number of esters is 1. The highest BCUT2D eigenvalue weighted by atomic mass is 35.5. The maximum absolute atomic E-state index is 11.7. The number of rotatable bonds is 10. The van der Waals surface area contributed by atoms with E-state index >= 15 is 0 Å². The number of allylic oxidation sites excluding steroid dienone is 1. The van der Waals surface area contributed by atoms with Crippen LogP contribution in [0.3, 0.4) is 0 Å². The SMILES string of the molecule is CC/C=C\CCOC(=O)C[N+](C)(C)CCCNC(C)=O.[Cl-]. The van der Waals surface area contributed by atoms with Crippen LogP contribution in [0, 0.1) is 0 Å². The van der Waals surface area contributed by atoms with Gasteiger partial charge in [-0.25, -0.2) is 4.79 Å². The average Bonchev–Trinajstić information content (AvgIpc) is 2.33. The van der Waals surface area contributed by atoms with E-state index in [1.54, 1.807) is 0 Å². The highest BCUT2D eigenvalue weighted by molar-refractivity contribution is 5.72. The lowest BCUT2D eigenvalue weighted by molar-refractivity contribution is -0.883. The quantitative estimate of drug-likeness (QED) is 0.230. The fraction of sp³-hybridized carbons (Fsp3) is 0.733. The number of hydrogen-bond acceptors (Lipinski definition) is 3. The van der Waals surface area contributed by atoms with Gasteiger partial charge in [-0.2, -0.15) is 0 Å². The molecule has 0 aromatic heterocycles. The lowest BCUT2D eigenvalue weighted by Crippen LogP contribution is -3.00. The predicted molar refractivity (Wildman–Crippen MR) is 80.2 cm³/mol. The molecule has 0 aliphatic rings. The van der Waals surface area contributed by atoms with Crippen LogP contribution in [0.4, 0.5) is 0 Å². The summed E-state index contributed by atoms with van der Waals surface area (Å²) in [5, 5.41) is 2.75. The molecule has 0 aliphatic carbocycles. The van der Waals surface area contributed by atoms with E-state index in [9.17, 15) is 9.59 Å². The Morgan fingerprint density at radius 1 is 1.24 bits per heavy atom. The minimum absolute atomic E-state index is 0. The molecule has 0 bridgehead atoms. The Morgan fingerprint density at radius 3 is 2.48 bits per heavy atom. The number of carbonyl (C=O) groups excluding carboxylic acids is 2. The van der Waals surface area contributed by atoms with Crippen molar-refractivity contribution in [2.75, 3.05) is 40.3 Å². The van der Waals surface area contributed by atoms with Gasteiger partial charge in [0.25, 0.3) is 0 Å². The van der Waals surface area contributed by atoms with Crippen molar-refractivity contribution in [3.8, 4) is 0 Å². The second kappa shape index (κ2) is 12.7. The molecule has 21 heavy (non-hydrogen) atoms. The number of nitrogens with one attached hydrogen (secondary N) is 1. The number of halogens is 1. The molecule has 0 heterocycles. The monoisotopic (exact) mass is 320 g/mol. The van der Waals surface area contributed by atoms with E-state index in [0.717, 1.165) is 25.8 Å². The largest absolute Gasteiger partial charge is 1.00 e. The highest BCUT2D eigenvalue weighted by Gasteiger charge is 2.20. The van der Waals surface area contributed by atoms with Crippen LogP contribution in [0.2, 0.25) is 0 Å². The zero-order valence-corrected chi connectivity index (χ0v) is 14.4. The van der Waals surface area contributed by atoms with Crippen LogP contribution in [0.5, 0.6) is 0 Å². The number of quaternary nitrogens is 1. The number of nitrogens with zero attached hydrogens (tertiary/aromatic N) is 1. The molecule has 0 aromatic rings. The molecule has 0 spiro atoms. The second-order valence-electron chi connectivity index (χ2n) is 5.54. The van der Waals surface area contributed by atoms with Crippen LogP contribution < -0.4 is 17.7 Å². The maximum Gasteiger partial charge on any atom is 0.361 e. The summed E-state index contributed by atoms with van der Waals surface area (Å²) >= 11 is 0. The smallest absolute Gasteiger partial charge is 0.361 e. The Kier molecular flexibility index (Phi) is 13.4. The molecule has 0 fully saturated rings. The molecule has 0 saturated heterocycles. The number of ether oxygens (including phenoxy) is 1. The van der Waals surface area contributed by atoms with E-state index in [-0.39, 0.29) is 24.3 Å². The van der Waals surface area contributed by atoms with Crippen LogP contribution in [-0.2, 0) is 14.3 Å². The topological polar surface area (TPSA) is 55.4 Å². The van der Waals surface area contributed by atoms with Crippen LogP contribution in [0.15, 0.2) is 12.2 Å². The number of amides is 1. The maximum atomic E-state index is 11.7. The molecular formula is C15H29ClN2O3. The lowest BCUT2D eigenvalue weighted by Gasteiger charge is -2.28.